The number of hydrogen-bond acceptors (Lipinski definition) is 3. The molecule has 0 radical (unpaired) electrons. The predicted octanol–water partition coefficient (Wildman–Crippen LogP) is 4.16. The standard InChI is InChI=1S/C14H15BrFNOS/c1-17-12(14-13(18-2)5-6-19-14)7-9-3-4-10(15)8-11(9)16/h3-6,8,12,17H,7H2,1-2H3. The van der Waals surface area contributed by atoms with E-state index in [1.807, 2.05) is 30.6 Å². The molecule has 0 aliphatic carbocycles. The lowest BCUT2D eigenvalue weighted by molar-refractivity contribution is 0.404. The van der Waals surface area contributed by atoms with Gasteiger partial charge >= 0.3 is 0 Å². The zero-order valence-corrected chi connectivity index (χ0v) is 13.1. The van der Waals surface area contributed by atoms with Crippen LogP contribution < -0.4 is 10.1 Å². The minimum absolute atomic E-state index is 0.0469. The normalized spacial score (nSPS) is 12.4. The second-order valence-corrected chi connectivity index (χ2v) is 6.00. The summed E-state index contributed by atoms with van der Waals surface area (Å²) in [7, 11) is 3.53. The molecule has 0 aliphatic heterocycles. The Bertz CT molecular complexity index is 558. The molecule has 5 heteroatoms. The van der Waals surface area contributed by atoms with Gasteiger partial charge in [0.1, 0.15) is 11.6 Å². The molecule has 1 N–H and O–H groups in total. The van der Waals surface area contributed by atoms with E-state index in [1.165, 1.54) is 6.07 Å². The number of likely N-dealkylation sites (N-methyl/N-ethyl adjacent to an activating group) is 1. The molecule has 0 amide bonds. The molecule has 1 heterocycles. The molecule has 0 saturated heterocycles. The second-order valence-electron chi connectivity index (χ2n) is 4.13. The Hall–Kier alpha value is -0.910. The smallest absolute Gasteiger partial charge is 0.134 e. The fourth-order valence-corrected chi connectivity index (χ4v) is 3.27. The van der Waals surface area contributed by atoms with Crippen LogP contribution in [0.5, 0.6) is 5.75 Å². The lowest BCUT2D eigenvalue weighted by atomic mass is 10.0. The second kappa shape index (κ2) is 6.50. The fourth-order valence-electron chi connectivity index (χ4n) is 1.96. The first-order valence-electron chi connectivity index (χ1n) is 5.88. The van der Waals surface area contributed by atoms with Crippen LogP contribution in [0.3, 0.4) is 0 Å². The quantitative estimate of drug-likeness (QED) is 0.879. The van der Waals surface area contributed by atoms with Crippen molar-refractivity contribution in [2.24, 2.45) is 0 Å². The van der Waals surface area contributed by atoms with Crippen LogP contribution in [0.25, 0.3) is 0 Å². The summed E-state index contributed by atoms with van der Waals surface area (Å²) in [6.07, 6.45) is 0.590. The third-order valence-corrected chi connectivity index (χ3v) is 4.49. The van der Waals surface area contributed by atoms with Crippen LogP contribution in [-0.4, -0.2) is 14.2 Å². The van der Waals surface area contributed by atoms with Crippen molar-refractivity contribution in [3.63, 3.8) is 0 Å². The summed E-state index contributed by atoms with van der Waals surface area (Å²) in [5, 5.41) is 5.20. The average Bonchev–Trinajstić information content (AvgIpc) is 2.86. The molecule has 0 spiro atoms. The Morgan fingerprint density at radius 1 is 1.42 bits per heavy atom. The number of rotatable bonds is 5. The summed E-state index contributed by atoms with van der Waals surface area (Å²) in [5.41, 5.74) is 0.693. The topological polar surface area (TPSA) is 21.3 Å². The van der Waals surface area contributed by atoms with Crippen molar-refractivity contribution in [3.8, 4) is 5.75 Å². The van der Waals surface area contributed by atoms with Gasteiger partial charge in [0, 0.05) is 10.5 Å². The van der Waals surface area contributed by atoms with E-state index in [9.17, 15) is 4.39 Å². The first kappa shape index (κ1) is 14.5. The minimum atomic E-state index is -0.190. The van der Waals surface area contributed by atoms with Gasteiger partial charge in [-0.15, -0.1) is 11.3 Å². The number of nitrogens with one attached hydrogen (secondary N) is 1. The number of ether oxygens (including phenoxy) is 1. The van der Waals surface area contributed by atoms with E-state index in [4.69, 9.17) is 4.74 Å². The van der Waals surface area contributed by atoms with E-state index >= 15 is 0 Å². The van der Waals surface area contributed by atoms with Gasteiger partial charge in [-0.2, -0.15) is 0 Å². The minimum Gasteiger partial charge on any atom is -0.496 e. The molecule has 2 rings (SSSR count). The van der Waals surface area contributed by atoms with Crippen molar-refractivity contribution in [1.82, 2.24) is 5.32 Å². The Morgan fingerprint density at radius 2 is 2.21 bits per heavy atom. The lowest BCUT2D eigenvalue weighted by Gasteiger charge is -2.17. The molecule has 2 aromatic rings. The van der Waals surface area contributed by atoms with Crippen LogP contribution in [0.1, 0.15) is 16.5 Å². The van der Waals surface area contributed by atoms with Crippen LogP contribution in [0, 0.1) is 5.82 Å². The SMILES string of the molecule is CNC(Cc1ccc(Br)cc1F)c1sccc1OC. The van der Waals surface area contributed by atoms with E-state index in [-0.39, 0.29) is 11.9 Å². The van der Waals surface area contributed by atoms with E-state index in [1.54, 1.807) is 18.4 Å². The summed E-state index contributed by atoms with van der Waals surface area (Å²) in [6.45, 7) is 0. The maximum absolute atomic E-state index is 13.9. The third-order valence-electron chi connectivity index (χ3n) is 2.98. The van der Waals surface area contributed by atoms with Crippen molar-refractivity contribution in [1.29, 1.82) is 0 Å². The highest BCUT2D eigenvalue weighted by Crippen LogP contribution is 2.33. The molecule has 2 nitrogen and oxygen atoms in total. The van der Waals surface area contributed by atoms with Gasteiger partial charge in [-0.3, -0.25) is 0 Å². The van der Waals surface area contributed by atoms with Gasteiger partial charge in [0.25, 0.3) is 0 Å². The number of hydrogen-bond donors (Lipinski definition) is 1. The van der Waals surface area contributed by atoms with Crippen molar-refractivity contribution in [2.75, 3.05) is 14.2 Å². The molecule has 0 bridgehead atoms. The highest BCUT2D eigenvalue weighted by Gasteiger charge is 2.18. The molecule has 1 aromatic heterocycles. The van der Waals surface area contributed by atoms with Crippen LogP contribution in [-0.2, 0) is 6.42 Å². The van der Waals surface area contributed by atoms with Crippen molar-refractivity contribution in [3.05, 3.63) is 50.4 Å². The largest absolute Gasteiger partial charge is 0.496 e. The van der Waals surface area contributed by atoms with Crippen LogP contribution in [0.2, 0.25) is 0 Å². The Morgan fingerprint density at radius 3 is 2.84 bits per heavy atom. The summed E-state index contributed by atoms with van der Waals surface area (Å²) in [6, 6.07) is 7.14. The van der Waals surface area contributed by atoms with Gasteiger partial charge in [0.2, 0.25) is 0 Å². The number of thiophene rings is 1. The third kappa shape index (κ3) is 3.35. The summed E-state index contributed by atoms with van der Waals surface area (Å²) in [4.78, 5) is 1.09. The van der Waals surface area contributed by atoms with Crippen LogP contribution >= 0.6 is 27.3 Å². The van der Waals surface area contributed by atoms with Gasteiger partial charge < -0.3 is 10.1 Å². The molecule has 19 heavy (non-hydrogen) atoms. The molecule has 0 saturated carbocycles. The van der Waals surface area contributed by atoms with Crippen molar-refractivity contribution in [2.45, 2.75) is 12.5 Å². The van der Waals surface area contributed by atoms with E-state index in [2.05, 4.69) is 21.2 Å². The van der Waals surface area contributed by atoms with Crippen molar-refractivity contribution < 1.29 is 9.13 Å². The molecular weight excluding hydrogens is 329 g/mol. The maximum Gasteiger partial charge on any atom is 0.134 e. The van der Waals surface area contributed by atoms with Crippen LogP contribution in [0.15, 0.2) is 34.1 Å². The van der Waals surface area contributed by atoms with E-state index in [0.717, 1.165) is 15.1 Å². The highest BCUT2D eigenvalue weighted by atomic mass is 79.9. The Kier molecular flexibility index (Phi) is 4.96. The van der Waals surface area contributed by atoms with Gasteiger partial charge in [-0.05, 0) is 42.6 Å². The number of halogens is 2. The number of methoxy groups -OCH3 is 1. The van der Waals surface area contributed by atoms with Crippen LogP contribution in [0.4, 0.5) is 4.39 Å². The van der Waals surface area contributed by atoms with Gasteiger partial charge in [-0.25, -0.2) is 4.39 Å². The van der Waals surface area contributed by atoms with E-state index in [0.29, 0.717) is 12.0 Å². The summed E-state index contributed by atoms with van der Waals surface area (Å²) in [5.74, 6) is 0.659. The Balaban J connectivity index is 2.24. The monoisotopic (exact) mass is 343 g/mol. The fraction of sp³-hybridized carbons (Fsp3) is 0.286. The highest BCUT2D eigenvalue weighted by molar-refractivity contribution is 9.10. The van der Waals surface area contributed by atoms with Crippen molar-refractivity contribution >= 4 is 27.3 Å². The molecule has 1 aromatic carbocycles. The summed E-state index contributed by atoms with van der Waals surface area (Å²) < 4.78 is 20.0. The zero-order valence-electron chi connectivity index (χ0n) is 10.7. The van der Waals surface area contributed by atoms with Gasteiger partial charge in [0.05, 0.1) is 12.0 Å². The zero-order chi connectivity index (χ0) is 13.8. The number of benzene rings is 1. The van der Waals surface area contributed by atoms with E-state index < -0.39 is 0 Å². The summed E-state index contributed by atoms with van der Waals surface area (Å²) >= 11 is 4.88. The maximum atomic E-state index is 13.9. The molecular formula is C14H15BrFNOS. The predicted molar refractivity (Wildman–Crippen MR) is 80.5 cm³/mol. The van der Waals surface area contributed by atoms with Gasteiger partial charge in [0.15, 0.2) is 0 Å². The molecule has 1 unspecified atom stereocenters. The molecule has 1 atom stereocenters. The molecule has 102 valence electrons. The van der Waals surface area contributed by atoms with Gasteiger partial charge in [-0.1, -0.05) is 22.0 Å². The first-order chi connectivity index (χ1) is 9.15. The Labute approximate surface area is 124 Å². The average molecular weight is 344 g/mol. The molecule has 0 aliphatic rings. The molecule has 0 fully saturated rings. The first-order valence-corrected chi connectivity index (χ1v) is 7.55. The lowest BCUT2D eigenvalue weighted by Crippen LogP contribution is -2.18.